The van der Waals surface area contributed by atoms with Crippen molar-refractivity contribution in [2.45, 2.75) is 45.6 Å². The molecule has 2 heterocycles. The third kappa shape index (κ3) is 3.81. The highest BCUT2D eigenvalue weighted by Crippen LogP contribution is 2.41. The van der Waals surface area contributed by atoms with Gasteiger partial charge in [0.1, 0.15) is 0 Å². The van der Waals surface area contributed by atoms with Crippen LogP contribution in [0.2, 0.25) is 0 Å². The van der Waals surface area contributed by atoms with E-state index in [-0.39, 0.29) is 11.9 Å². The molecule has 4 heteroatoms. The Hall–Kier alpha value is -1.39. The number of hydrogen-bond acceptors (Lipinski definition) is 3. The van der Waals surface area contributed by atoms with E-state index in [0.717, 1.165) is 39.0 Å². The topological polar surface area (TPSA) is 44.4 Å². The van der Waals surface area contributed by atoms with Crippen LogP contribution in [0.5, 0.6) is 0 Å². The first-order valence-corrected chi connectivity index (χ1v) is 9.24. The van der Waals surface area contributed by atoms with Crippen molar-refractivity contribution in [1.82, 2.24) is 15.5 Å². The van der Waals surface area contributed by atoms with Crippen LogP contribution in [0.25, 0.3) is 0 Å². The molecule has 0 aliphatic carbocycles. The molecule has 1 aromatic rings. The molecule has 2 N–H and O–H groups in total. The summed E-state index contributed by atoms with van der Waals surface area (Å²) < 4.78 is 0. The molecular weight excluding hydrogens is 298 g/mol. The van der Waals surface area contributed by atoms with Crippen molar-refractivity contribution >= 4 is 5.91 Å². The van der Waals surface area contributed by atoms with E-state index in [1.807, 2.05) is 0 Å². The van der Waals surface area contributed by atoms with Gasteiger partial charge in [0, 0.05) is 13.1 Å². The van der Waals surface area contributed by atoms with Crippen molar-refractivity contribution in [1.29, 1.82) is 0 Å². The standard InChI is InChI=1S/C20H31N3O/c1-15-4-5-16(2)17(12-15)6-9-22-19(24)18-13-20(14-23(18)3)7-10-21-11-8-20/h4-5,12,18,21H,6-11,13-14H2,1-3H3,(H,22,24). The Morgan fingerprint density at radius 2 is 2.08 bits per heavy atom. The van der Waals surface area contributed by atoms with Gasteiger partial charge in [-0.05, 0) is 76.2 Å². The van der Waals surface area contributed by atoms with Gasteiger partial charge >= 0.3 is 0 Å². The number of carbonyl (C=O) groups is 1. The maximum Gasteiger partial charge on any atom is 0.237 e. The highest BCUT2D eigenvalue weighted by Gasteiger charge is 2.45. The van der Waals surface area contributed by atoms with E-state index >= 15 is 0 Å². The van der Waals surface area contributed by atoms with Gasteiger partial charge < -0.3 is 10.6 Å². The van der Waals surface area contributed by atoms with Crippen LogP contribution in [0, 0.1) is 19.3 Å². The molecule has 0 aromatic heterocycles. The SMILES string of the molecule is Cc1ccc(C)c(CCNC(=O)C2CC3(CCNCC3)CN2C)c1. The lowest BCUT2D eigenvalue weighted by molar-refractivity contribution is -0.125. The van der Waals surface area contributed by atoms with Crippen molar-refractivity contribution < 1.29 is 4.79 Å². The van der Waals surface area contributed by atoms with Crippen LogP contribution in [0.1, 0.15) is 36.0 Å². The van der Waals surface area contributed by atoms with Gasteiger partial charge in [-0.15, -0.1) is 0 Å². The zero-order valence-corrected chi connectivity index (χ0v) is 15.3. The summed E-state index contributed by atoms with van der Waals surface area (Å²) >= 11 is 0. The van der Waals surface area contributed by atoms with Crippen molar-refractivity contribution in [3.8, 4) is 0 Å². The molecule has 1 atom stereocenters. The minimum atomic E-state index is 0.0432. The lowest BCUT2D eigenvalue weighted by Gasteiger charge is -2.33. The zero-order chi connectivity index (χ0) is 17.2. The van der Waals surface area contributed by atoms with Crippen LogP contribution in [0.3, 0.4) is 0 Å². The van der Waals surface area contributed by atoms with Crippen LogP contribution in [0.4, 0.5) is 0 Å². The molecule has 2 aliphatic heterocycles. The minimum absolute atomic E-state index is 0.0432. The van der Waals surface area contributed by atoms with E-state index in [1.54, 1.807) is 0 Å². The van der Waals surface area contributed by atoms with E-state index in [1.165, 1.54) is 29.5 Å². The molecule has 1 spiro atoms. The van der Waals surface area contributed by atoms with Gasteiger partial charge in [-0.1, -0.05) is 23.8 Å². The molecule has 1 unspecified atom stereocenters. The number of aryl methyl sites for hydroxylation is 2. The molecular formula is C20H31N3O. The van der Waals surface area contributed by atoms with Crippen LogP contribution < -0.4 is 10.6 Å². The lowest BCUT2D eigenvalue weighted by atomic mass is 9.77. The molecule has 24 heavy (non-hydrogen) atoms. The summed E-state index contributed by atoms with van der Waals surface area (Å²) in [6.45, 7) is 8.23. The number of likely N-dealkylation sites (N-methyl/N-ethyl adjacent to an activating group) is 1. The second-order valence-electron chi connectivity index (χ2n) is 7.86. The molecule has 0 radical (unpaired) electrons. The second kappa shape index (κ2) is 7.24. The van der Waals surface area contributed by atoms with E-state index in [2.05, 4.69) is 54.6 Å². The maximum atomic E-state index is 12.7. The summed E-state index contributed by atoms with van der Waals surface area (Å²) in [5.74, 6) is 0.207. The van der Waals surface area contributed by atoms with Crippen molar-refractivity contribution in [3.05, 3.63) is 34.9 Å². The first-order valence-electron chi connectivity index (χ1n) is 9.24. The average molecular weight is 329 g/mol. The maximum absolute atomic E-state index is 12.7. The number of benzene rings is 1. The van der Waals surface area contributed by atoms with Gasteiger partial charge in [0.05, 0.1) is 6.04 Å². The van der Waals surface area contributed by atoms with Gasteiger partial charge in [0.25, 0.3) is 0 Å². The molecule has 3 rings (SSSR count). The van der Waals surface area contributed by atoms with E-state index < -0.39 is 0 Å². The molecule has 2 saturated heterocycles. The summed E-state index contributed by atoms with van der Waals surface area (Å²) in [5, 5.41) is 6.61. The third-order valence-corrected chi connectivity index (χ3v) is 5.91. The Kier molecular flexibility index (Phi) is 5.26. The predicted octanol–water partition coefficient (Wildman–Crippen LogP) is 2.04. The molecule has 1 amide bonds. The van der Waals surface area contributed by atoms with Crippen LogP contribution in [-0.4, -0.2) is 50.1 Å². The predicted molar refractivity (Wildman–Crippen MR) is 98.2 cm³/mol. The van der Waals surface area contributed by atoms with Crippen molar-refractivity contribution in [2.24, 2.45) is 5.41 Å². The van der Waals surface area contributed by atoms with Gasteiger partial charge in [0.2, 0.25) is 5.91 Å². The van der Waals surface area contributed by atoms with E-state index in [9.17, 15) is 4.79 Å². The molecule has 4 nitrogen and oxygen atoms in total. The Morgan fingerprint density at radius 1 is 1.33 bits per heavy atom. The molecule has 1 aromatic carbocycles. The Bertz CT molecular complexity index is 593. The fourth-order valence-electron chi connectivity index (χ4n) is 4.39. The number of piperidine rings is 1. The van der Waals surface area contributed by atoms with Gasteiger partial charge in [0.15, 0.2) is 0 Å². The Labute approximate surface area is 146 Å². The van der Waals surface area contributed by atoms with Crippen molar-refractivity contribution in [2.75, 3.05) is 33.2 Å². The molecule has 0 saturated carbocycles. The number of carbonyl (C=O) groups excluding carboxylic acids is 1. The number of amides is 1. The summed E-state index contributed by atoms with van der Waals surface area (Å²) in [5.41, 5.74) is 4.28. The first kappa shape index (κ1) is 17.4. The second-order valence-corrected chi connectivity index (χ2v) is 7.86. The largest absolute Gasteiger partial charge is 0.354 e. The molecule has 132 valence electrons. The highest BCUT2D eigenvalue weighted by atomic mass is 16.2. The number of nitrogens with one attached hydrogen (secondary N) is 2. The molecule has 0 bridgehead atoms. The summed E-state index contributed by atoms with van der Waals surface area (Å²) in [4.78, 5) is 14.9. The summed E-state index contributed by atoms with van der Waals surface area (Å²) in [6.07, 6.45) is 4.32. The number of rotatable bonds is 4. The zero-order valence-electron chi connectivity index (χ0n) is 15.3. The first-order chi connectivity index (χ1) is 11.5. The fraction of sp³-hybridized carbons (Fsp3) is 0.650. The van der Waals surface area contributed by atoms with Crippen LogP contribution in [0.15, 0.2) is 18.2 Å². The third-order valence-electron chi connectivity index (χ3n) is 5.91. The average Bonchev–Trinajstić information content (AvgIpc) is 2.87. The smallest absolute Gasteiger partial charge is 0.237 e. The van der Waals surface area contributed by atoms with E-state index in [0.29, 0.717) is 5.41 Å². The number of likely N-dealkylation sites (tertiary alicyclic amines) is 1. The molecule has 2 aliphatic rings. The van der Waals surface area contributed by atoms with Gasteiger partial charge in [-0.3, -0.25) is 9.69 Å². The quantitative estimate of drug-likeness (QED) is 0.888. The number of nitrogens with zero attached hydrogens (tertiary/aromatic N) is 1. The van der Waals surface area contributed by atoms with Gasteiger partial charge in [-0.2, -0.15) is 0 Å². The Morgan fingerprint density at radius 3 is 2.83 bits per heavy atom. The van der Waals surface area contributed by atoms with Gasteiger partial charge in [-0.25, -0.2) is 0 Å². The van der Waals surface area contributed by atoms with E-state index in [4.69, 9.17) is 0 Å². The van der Waals surface area contributed by atoms with Crippen LogP contribution in [-0.2, 0) is 11.2 Å². The number of hydrogen-bond donors (Lipinski definition) is 2. The lowest BCUT2D eigenvalue weighted by Crippen LogP contribution is -2.42. The molecule has 2 fully saturated rings. The van der Waals surface area contributed by atoms with Crippen LogP contribution >= 0.6 is 0 Å². The summed E-state index contributed by atoms with van der Waals surface area (Å²) in [7, 11) is 2.10. The summed E-state index contributed by atoms with van der Waals surface area (Å²) in [6, 6.07) is 6.58. The monoisotopic (exact) mass is 329 g/mol. The normalized spacial score (nSPS) is 23.5. The minimum Gasteiger partial charge on any atom is -0.354 e. The fourth-order valence-corrected chi connectivity index (χ4v) is 4.39. The van der Waals surface area contributed by atoms with Crippen molar-refractivity contribution in [3.63, 3.8) is 0 Å². The highest BCUT2D eigenvalue weighted by molar-refractivity contribution is 5.82. The Balaban J connectivity index is 1.52.